The molecule has 1 amide bonds. The van der Waals surface area contributed by atoms with Crippen molar-refractivity contribution in [3.8, 4) is 5.75 Å². The summed E-state index contributed by atoms with van der Waals surface area (Å²) < 4.78 is 6.73. The number of methoxy groups -OCH3 is 1. The fourth-order valence-corrected chi connectivity index (χ4v) is 1.87. The van der Waals surface area contributed by atoms with Crippen molar-refractivity contribution in [3.05, 3.63) is 35.5 Å². The summed E-state index contributed by atoms with van der Waals surface area (Å²) in [5.41, 5.74) is 8.19. The number of rotatable bonds is 4. The Balaban J connectivity index is 2.10. The third kappa shape index (κ3) is 3.09. The van der Waals surface area contributed by atoms with E-state index in [1.54, 1.807) is 13.3 Å². The number of carbonyl (C=O) groups excluding carboxylic acids is 1. The number of aryl methyl sites for hydroxylation is 2. The molecular formula is C14H18N4O2. The number of anilines is 2. The molecule has 2 rings (SSSR count). The van der Waals surface area contributed by atoms with E-state index in [-0.39, 0.29) is 12.5 Å². The number of carbonyl (C=O) groups is 1. The molecule has 0 unspecified atom stereocenters. The van der Waals surface area contributed by atoms with Crippen molar-refractivity contribution in [3.63, 3.8) is 0 Å². The second-order valence-electron chi connectivity index (χ2n) is 4.65. The van der Waals surface area contributed by atoms with E-state index in [4.69, 9.17) is 10.5 Å². The number of nitrogens with one attached hydrogen (secondary N) is 1. The summed E-state index contributed by atoms with van der Waals surface area (Å²) in [5.74, 6) is 0.877. The highest BCUT2D eigenvalue weighted by Gasteiger charge is 2.10. The Morgan fingerprint density at radius 2 is 2.20 bits per heavy atom. The maximum Gasteiger partial charge on any atom is 0.246 e. The van der Waals surface area contributed by atoms with E-state index in [0.717, 1.165) is 11.1 Å². The highest BCUT2D eigenvalue weighted by atomic mass is 16.5. The molecule has 0 spiro atoms. The molecule has 0 fully saturated rings. The molecule has 0 saturated carbocycles. The van der Waals surface area contributed by atoms with Gasteiger partial charge in [-0.25, -0.2) is 0 Å². The molecule has 0 radical (unpaired) electrons. The zero-order chi connectivity index (χ0) is 14.7. The van der Waals surface area contributed by atoms with Gasteiger partial charge in [0.25, 0.3) is 0 Å². The van der Waals surface area contributed by atoms with Crippen molar-refractivity contribution in [2.75, 3.05) is 18.2 Å². The number of nitrogen functional groups attached to an aromatic ring is 1. The third-order valence-corrected chi connectivity index (χ3v) is 2.92. The van der Waals surface area contributed by atoms with Gasteiger partial charge in [-0.15, -0.1) is 0 Å². The standard InChI is InChI=1S/C14H18N4O2/c1-9-4-5-12(20-3)11(6-9)16-13(19)8-18-7-10(2)14(15)17-18/h4-7H,8H2,1-3H3,(H2,15,17)(H,16,19). The summed E-state index contributed by atoms with van der Waals surface area (Å²) in [7, 11) is 1.57. The van der Waals surface area contributed by atoms with Crippen LogP contribution >= 0.6 is 0 Å². The molecule has 1 aromatic heterocycles. The lowest BCUT2D eigenvalue weighted by atomic mass is 10.2. The van der Waals surface area contributed by atoms with Gasteiger partial charge in [0, 0.05) is 11.8 Å². The quantitative estimate of drug-likeness (QED) is 0.889. The second-order valence-corrected chi connectivity index (χ2v) is 4.65. The van der Waals surface area contributed by atoms with Crippen molar-refractivity contribution in [1.82, 2.24) is 9.78 Å². The average molecular weight is 274 g/mol. The normalized spacial score (nSPS) is 10.3. The molecule has 6 heteroatoms. The highest BCUT2D eigenvalue weighted by Crippen LogP contribution is 2.25. The largest absolute Gasteiger partial charge is 0.495 e. The lowest BCUT2D eigenvalue weighted by Crippen LogP contribution is -2.19. The SMILES string of the molecule is COc1ccc(C)cc1NC(=O)Cn1cc(C)c(N)n1. The van der Waals surface area contributed by atoms with E-state index in [2.05, 4.69) is 10.4 Å². The van der Waals surface area contributed by atoms with Crippen LogP contribution in [-0.2, 0) is 11.3 Å². The molecule has 2 aromatic rings. The van der Waals surface area contributed by atoms with Crippen LogP contribution < -0.4 is 15.8 Å². The number of ether oxygens (including phenoxy) is 1. The van der Waals surface area contributed by atoms with Crippen LogP contribution in [0, 0.1) is 13.8 Å². The molecule has 6 nitrogen and oxygen atoms in total. The second kappa shape index (κ2) is 5.64. The highest BCUT2D eigenvalue weighted by molar-refractivity contribution is 5.92. The Kier molecular flexibility index (Phi) is 3.93. The first-order chi connectivity index (χ1) is 9.49. The number of nitrogens with zero attached hydrogens (tertiary/aromatic N) is 2. The number of amides is 1. The van der Waals surface area contributed by atoms with Gasteiger partial charge >= 0.3 is 0 Å². The van der Waals surface area contributed by atoms with Crippen molar-refractivity contribution < 1.29 is 9.53 Å². The average Bonchev–Trinajstić information content (AvgIpc) is 2.68. The Hall–Kier alpha value is -2.50. The van der Waals surface area contributed by atoms with Crippen molar-refractivity contribution >= 4 is 17.4 Å². The van der Waals surface area contributed by atoms with Crippen molar-refractivity contribution in [2.45, 2.75) is 20.4 Å². The van der Waals surface area contributed by atoms with Crippen molar-refractivity contribution in [2.24, 2.45) is 0 Å². The third-order valence-electron chi connectivity index (χ3n) is 2.92. The fraction of sp³-hybridized carbons (Fsp3) is 0.286. The van der Waals surface area contributed by atoms with Gasteiger partial charge in [-0.2, -0.15) is 5.10 Å². The molecule has 106 valence electrons. The van der Waals surface area contributed by atoms with Crippen LogP contribution in [0.2, 0.25) is 0 Å². The van der Waals surface area contributed by atoms with Gasteiger partial charge in [0.05, 0.1) is 12.8 Å². The first-order valence-electron chi connectivity index (χ1n) is 6.23. The number of nitrogens with two attached hydrogens (primary N) is 1. The monoisotopic (exact) mass is 274 g/mol. The molecule has 3 N–H and O–H groups in total. The van der Waals surface area contributed by atoms with E-state index in [9.17, 15) is 4.79 Å². The van der Waals surface area contributed by atoms with Crippen LogP contribution in [0.3, 0.4) is 0 Å². The Labute approximate surface area is 117 Å². The minimum absolute atomic E-state index is 0.106. The van der Waals surface area contributed by atoms with Crippen LogP contribution in [0.15, 0.2) is 24.4 Å². The molecule has 1 heterocycles. The molecule has 0 bridgehead atoms. The maximum atomic E-state index is 12.0. The van der Waals surface area contributed by atoms with Crippen LogP contribution in [0.5, 0.6) is 5.75 Å². The predicted octanol–water partition coefficient (Wildman–Crippen LogP) is 1.73. The summed E-state index contributed by atoms with van der Waals surface area (Å²) in [6, 6.07) is 5.60. The minimum Gasteiger partial charge on any atom is -0.495 e. The molecule has 0 aliphatic carbocycles. The summed E-state index contributed by atoms with van der Waals surface area (Å²) >= 11 is 0. The molecule has 0 aliphatic rings. The zero-order valence-electron chi connectivity index (χ0n) is 11.8. The number of hydrogen-bond donors (Lipinski definition) is 2. The van der Waals surface area contributed by atoms with Crippen molar-refractivity contribution in [1.29, 1.82) is 0 Å². The Morgan fingerprint density at radius 1 is 1.45 bits per heavy atom. The molecule has 1 aromatic carbocycles. The molecule has 20 heavy (non-hydrogen) atoms. The topological polar surface area (TPSA) is 82.2 Å². The minimum atomic E-state index is -0.184. The van der Waals surface area contributed by atoms with E-state index in [1.165, 1.54) is 4.68 Å². The van der Waals surface area contributed by atoms with E-state index >= 15 is 0 Å². The maximum absolute atomic E-state index is 12.0. The fourth-order valence-electron chi connectivity index (χ4n) is 1.87. The van der Waals surface area contributed by atoms with Crippen LogP contribution in [0.25, 0.3) is 0 Å². The lowest BCUT2D eigenvalue weighted by molar-refractivity contribution is -0.116. The smallest absolute Gasteiger partial charge is 0.246 e. The summed E-state index contributed by atoms with van der Waals surface area (Å²) in [6.07, 6.45) is 1.74. The van der Waals surface area contributed by atoms with E-state index < -0.39 is 0 Å². The Bertz CT molecular complexity index is 615. The van der Waals surface area contributed by atoms with E-state index in [1.807, 2.05) is 32.0 Å². The van der Waals surface area contributed by atoms with Gasteiger partial charge in [-0.3, -0.25) is 9.48 Å². The van der Waals surface area contributed by atoms with Gasteiger partial charge in [-0.05, 0) is 31.5 Å². The van der Waals surface area contributed by atoms with Gasteiger partial charge in [0.1, 0.15) is 18.1 Å². The first kappa shape index (κ1) is 13.9. The molecule has 0 atom stereocenters. The molecule has 0 saturated heterocycles. The summed E-state index contributed by atoms with van der Waals surface area (Å²) in [6.45, 7) is 3.90. The summed E-state index contributed by atoms with van der Waals surface area (Å²) in [4.78, 5) is 12.0. The van der Waals surface area contributed by atoms with Crippen LogP contribution in [0.4, 0.5) is 11.5 Å². The molecule has 0 aliphatic heterocycles. The number of hydrogen-bond acceptors (Lipinski definition) is 4. The lowest BCUT2D eigenvalue weighted by Gasteiger charge is -2.11. The van der Waals surface area contributed by atoms with Crippen LogP contribution in [-0.4, -0.2) is 22.8 Å². The molecular weight excluding hydrogens is 256 g/mol. The van der Waals surface area contributed by atoms with Gasteiger partial charge in [0.15, 0.2) is 0 Å². The predicted molar refractivity (Wildman–Crippen MR) is 77.7 cm³/mol. The van der Waals surface area contributed by atoms with Gasteiger partial charge < -0.3 is 15.8 Å². The number of aromatic nitrogens is 2. The summed E-state index contributed by atoms with van der Waals surface area (Å²) in [5, 5.41) is 6.87. The van der Waals surface area contributed by atoms with Gasteiger partial charge in [0.2, 0.25) is 5.91 Å². The van der Waals surface area contributed by atoms with Crippen LogP contribution in [0.1, 0.15) is 11.1 Å². The van der Waals surface area contributed by atoms with Gasteiger partial charge in [-0.1, -0.05) is 6.07 Å². The first-order valence-corrected chi connectivity index (χ1v) is 6.23. The zero-order valence-corrected chi connectivity index (χ0v) is 11.8. The Morgan fingerprint density at radius 3 is 2.80 bits per heavy atom. The van der Waals surface area contributed by atoms with E-state index in [0.29, 0.717) is 17.3 Å². The number of benzene rings is 1.